The third-order valence-corrected chi connectivity index (χ3v) is 3.43. The lowest BCUT2D eigenvalue weighted by atomic mass is 10.1. The van der Waals surface area contributed by atoms with Crippen molar-refractivity contribution in [1.29, 1.82) is 0 Å². The van der Waals surface area contributed by atoms with Crippen LogP contribution in [0.15, 0.2) is 42.5 Å². The Balaban J connectivity index is 1.94. The quantitative estimate of drug-likeness (QED) is 0.885. The third kappa shape index (κ3) is 3.61. The molecule has 0 aliphatic heterocycles. The number of ether oxygens (including phenoxy) is 1. The van der Waals surface area contributed by atoms with Gasteiger partial charge >= 0.3 is 0 Å². The van der Waals surface area contributed by atoms with Crippen LogP contribution in [0, 0.1) is 20.8 Å². The van der Waals surface area contributed by atoms with Crippen molar-refractivity contribution in [3.63, 3.8) is 0 Å². The van der Waals surface area contributed by atoms with Crippen molar-refractivity contribution in [2.75, 3.05) is 6.61 Å². The number of benzene rings is 2. The zero-order valence-corrected chi connectivity index (χ0v) is 12.4. The Kier molecular flexibility index (Phi) is 4.80. The van der Waals surface area contributed by atoms with Crippen LogP contribution in [0.4, 0.5) is 0 Å². The van der Waals surface area contributed by atoms with Gasteiger partial charge in [0.05, 0.1) is 12.7 Å². The lowest BCUT2D eigenvalue weighted by Gasteiger charge is -2.15. The van der Waals surface area contributed by atoms with Crippen LogP contribution in [0.5, 0.6) is 5.75 Å². The molecule has 2 aromatic carbocycles. The summed E-state index contributed by atoms with van der Waals surface area (Å²) < 4.78 is 5.85. The second-order valence-electron chi connectivity index (χ2n) is 5.29. The van der Waals surface area contributed by atoms with Crippen LogP contribution in [0.3, 0.4) is 0 Å². The van der Waals surface area contributed by atoms with Crippen molar-refractivity contribution in [2.45, 2.75) is 33.3 Å². The summed E-state index contributed by atoms with van der Waals surface area (Å²) in [6.45, 7) is 6.72. The molecule has 0 aromatic heterocycles. The van der Waals surface area contributed by atoms with Gasteiger partial charge in [-0.25, -0.2) is 0 Å². The van der Waals surface area contributed by atoms with E-state index >= 15 is 0 Å². The fourth-order valence-electron chi connectivity index (χ4n) is 2.51. The molecule has 0 amide bonds. The van der Waals surface area contributed by atoms with Gasteiger partial charge in [0.2, 0.25) is 0 Å². The lowest BCUT2D eigenvalue weighted by molar-refractivity contribution is 0.140. The summed E-state index contributed by atoms with van der Waals surface area (Å²) in [5, 5.41) is 10.1. The molecular formula is C18H22O2. The lowest BCUT2D eigenvalue weighted by Crippen LogP contribution is -2.07. The van der Waals surface area contributed by atoms with Gasteiger partial charge in [-0.05, 0) is 37.5 Å². The first kappa shape index (κ1) is 14.6. The van der Waals surface area contributed by atoms with Gasteiger partial charge < -0.3 is 9.84 Å². The fraction of sp³-hybridized carbons (Fsp3) is 0.333. The summed E-state index contributed by atoms with van der Waals surface area (Å²) in [4.78, 5) is 0. The molecule has 20 heavy (non-hydrogen) atoms. The molecule has 1 N–H and O–H groups in total. The van der Waals surface area contributed by atoms with Crippen LogP contribution in [0.25, 0.3) is 0 Å². The molecule has 0 saturated carbocycles. The summed E-state index contributed by atoms with van der Waals surface area (Å²) in [7, 11) is 0. The summed E-state index contributed by atoms with van der Waals surface area (Å²) in [5.74, 6) is 0.941. The molecule has 2 nitrogen and oxygen atoms in total. The highest BCUT2D eigenvalue weighted by Crippen LogP contribution is 2.25. The van der Waals surface area contributed by atoms with E-state index in [9.17, 15) is 5.11 Å². The minimum Gasteiger partial charge on any atom is -0.493 e. The maximum Gasteiger partial charge on any atom is 0.125 e. The standard InChI is InChI=1S/C18H22O2/c1-13-11-14(2)18(15(3)12-13)20-10-9-17(19)16-7-5-4-6-8-16/h4-8,11-12,17,19H,9-10H2,1-3H3. The number of rotatable bonds is 5. The van der Waals surface area contributed by atoms with Crippen LogP contribution in [0.2, 0.25) is 0 Å². The maximum absolute atomic E-state index is 10.1. The first-order valence-corrected chi connectivity index (χ1v) is 7.01. The average molecular weight is 270 g/mol. The monoisotopic (exact) mass is 270 g/mol. The number of aliphatic hydroxyl groups is 1. The average Bonchev–Trinajstić information content (AvgIpc) is 2.42. The molecule has 0 saturated heterocycles. The normalized spacial score (nSPS) is 12.2. The van der Waals surface area contributed by atoms with E-state index in [1.165, 1.54) is 5.56 Å². The molecule has 1 atom stereocenters. The van der Waals surface area contributed by atoms with Crippen LogP contribution in [0.1, 0.15) is 34.8 Å². The van der Waals surface area contributed by atoms with Gasteiger partial charge in [-0.15, -0.1) is 0 Å². The molecule has 106 valence electrons. The van der Waals surface area contributed by atoms with E-state index in [2.05, 4.69) is 32.9 Å². The zero-order chi connectivity index (χ0) is 14.5. The SMILES string of the molecule is Cc1cc(C)c(OCCC(O)c2ccccc2)c(C)c1. The Morgan fingerprint density at radius 3 is 2.20 bits per heavy atom. The van der Waals surface area contributed by atoms with Crippen LogP contribution in [-0.2, 0) is 0 Å². The van der Waals surface area contributed by atoms with Crippen molar-refractivity contribution in [3.8, 4) is 5.75 Å². The summed E-state index contributed by atoms with van der Waals surface area (Å²) in [6.07, 6.45) is 0.124. The Morgan fingerprint density at radius 2 is 1.60 bits per heavy atom. The first-order chi connectivity index (χ1) is 9.58. The van der Waals surface area contributed by atoms with Crippen LogP contribution >= 0.6 is 0 Å². The van der Waals surface area contributed by atoms with Crippen LogP contribution in [-0.4, -0.2) is 11.7 Å². The molecule has 0 heterocycles. The highest BCUT2D eigenvalue weighted by molar-refractivity contribution is 5.42. The first-order valence-electron chi connectivity index (χ1n) is 7.01. The highest BCUT2D eigenvalue weighted by Gasteiger charge is 2.09. The van der Waals surface area contributed by atoms with E-state index in [4.69, 9.17) is 4.74 Å². The van der Waals surface area contributed by atoms with E-state index in [1.807, 2.05) is 30.3 Å². The number of hydrogen-bond acceptors (Lipinski definition) is 2. The van der Waals surface area contributed by atoms with Gasteiger partial charge in [0, 0.05) is 6.42 Å². The van der Waals surface area contributed by atoms with Gasteiger partial charge in [-0.3, -0.25) is 0 Å². The Bertz CT molecular complexity index is 538. The molecule has 2 heteroatoms. The van der Waals surface area contributed by atoms with E-state index in [1.54, 1.807) is 0 Å². The Labute approximate surface area is 121 Å². The molecule has 0 fully saturated rings. The smallest absolute Gasteiger partial charge is 0.125 e. The second kappa shape index (κ2) is 6.58. The Hall–Kier alpha value is -1.80. The molecule has 1 unspecified atom stereocenters. The number of hydrogen-bond donors (Lipinski definition) is 1. The zero-order valence-electron chi connectivity index (χ0n) is 12.4. The third-order valence-electron chi connectivity index (χ3n) is 3.43. The van der Waals surface area contributed by atoms with Crippen molar-refractivity contribution >= 4 is 0 Å². The molecule has 0 spiro atoms. The van der Waals surface area contributed by atoms with Crippen molar-refractivity contribution in [2.24, 2.45) is 0 Å². The molecule has 0 radical (unpaired) electrons. The predicted octanol–water partition coefficient (Wildman–Crippen LogP) is 4.11. The molecule has 0 aliphatic carbocycles. The van der Waals surface area contributed by atoms with E-state index in [0.29, 0.717) is 13.0 Å². The largest absolute Gasteiger partial charge is 0.493 e. The fourth-order valence-corrected chi connectivity index (χ4v) is 2.51. The van der Waals surface area contributed by atoms with Gasteiger partial charge in [0.1, 0.15) is 5.75 Å². The predicted molar refractivity (Wildman–Crippen MR) is 82.2 cm³/mol. The second-order valence-corrected chi connectivity index (χ2v) is 5.29. The Morgan fingerprint density at radius 1 is 1.00 bits per heavy atom. The minimum absolute atomic E-state index is 0.470. The molecule has 0 aliphatic rings. The van der Waals surface area contributed by atoms with Gasteiger partial charge in [0.15, 0.2) is 0 Å². The number of aryl methyl sites for hydroxylation is 3. The van der Waals surface area contributed by atoms with Crippen LogP contribution < -0.4 is 4.74 Å². The number of aliphatic hydroxyl groups excluding tert-OH is 1. The van der Waals surface area contributed by atoms with E-state index < -0.39 is 6.10 Å². The van der Waals surface area contributed by atoms with Gasteiger partial charge in [-0.1, -0.05) is 48.0 Å². The van der Waals surface area contributed by atoms with Gasteiger partial charge in [-0.2, -0.15) is 0 Å². The molecule has 2 aromatic rings. The molecule has 2 rings (SSSR count). The van der Waals surface area contributed by atoms with Gasteiger partial charge in [0.25, 0.3) is 0 Å². The summed E-state index contributed by atoms with van der Waals surface area (Å²) in [6, 6.07) is 13.9. The molecule has 0 bridgehead atoms. The maximum atomic E-state index is 10.1. The summed E-state index contributed by atoms with van der Waals surface area (Å²) >= 11 is 0. The van der Waals surface area contributed by atoms with Crippen molar-refractivity contribution in [3.05, 3.63) is 64.7 Å². The van der Waals surface area contributed by atoms with E-state index in [-0.39, 0.29) is 0 Å². The van der Waals surface area contributed by atoms with E-state index in [0.717, 1.165) is 22.4 Å². The minimum atomic E-state index is -0.470. The molecular weight excluding hydrogens is 248 g/mol. The van der Waals surface area contributed by atoms with Crippen molar-refractivity contribution < 1.29 is 9.84 Å². The summed E-state index contributed by atoms with van der Waals surface area (Å²) in [5.41, 5.74) is 4.48. The highest BCUT2D eigenvalue weighted by atomic mass is 16.5. The van der Waals surface area contributed by atoms with Crippen molar-refractivity contribution in [1.82, 2.24) is 0 Å². The topological polar surface area (TPSA) is 29.5 Å².